The van der Waals surface area contributed by atoms with Crippen LogP contribution in [0.4, 0.5) is 0 Å². The Kier molecular flexibility index (Phi) is 4.61. The fourth-order valence-electron chi connectivity index (χ4n) is 0.388. The molecule has 0 aliphatic carbocycles. The molecule has 4 nitrogen and oxygen atoms in total. The topological polar surface area (TPSA) is 55.8 Å². The minimum Gasteiger partial charge on any atom is -0.303 e. The molecule has 0 radical (unpaired) electrons. The molecule has 0 aliphatic rings. The van der Waals surface area contributed by atoms with Crippen LogP contribution in [-0.4, -0.2) is 18.6 Å². The SMILES string of the molecule is C=C(C)CCOP(=O)(O)OC. The van der Waals surface area contributed by atoms with Gasteiger partial charge in [-0.15, -0.1) is 6.58 Å². The molecule has 0 heterocycles. The third-order valence-electron chi connectivity index (χ3n) is 1.01. The highest BCUT2D eigenvalue weighted by atomic mass is 31.2. The molecule has 0 saturated heterocycles. The molecule has 11 heavy (non-hydrogen) atoms. The van der Waals surface area contributed by atoms with Gasteiger partial charge in [0.05, 0.1) is 6.61 Å². The summed E-state index contributed by atoms with van der Waals surface area (Å²) in [7, 11) is -2.64. The van der Waals surface area contributed by atoms with E-state index < -0.39 is 7.82 Å². The van der Waals surface area contributed by atoms with Gasteiger partial charge < -0.3 is 4.89 Å². The molecule has 0 spiro atoms. The highest BCUT2D eigenvalue weighted by Crippen LogP contribution is 2.41. The maximum atomic E-state index is 10.6. The van der Waals surface area contributed by atoms with Crippen molar-refractivity contribution in [3.8, 4) is 0 Å². The highest BCUT2D eigenvalue weighted by Gasteiger charge is 2.17. The van der Waals surface area contributed by atoms with Crippen LogP contribution in [0.5, 0.6) is 0 Å². The molecule has 66 valence electrons. The average Bonchev–Trinajstić information content (AvgIpc) is 1.87. The summed E-state index contributed by atoms with van der Waals surface area (Å²) in [6, 6.07) is 0. The lowest BCUT2D eigenvalue weighted by Gasteiger charge is -2.07. The quantitative estimate of drug-likeness (QED) is 0.517. The van der Waals surface area contributed by atoms with Crippen molar-refractivity contribution in [2.24, 2.45) is 0 Å². The van der Waals surface area contributed by atoms with Gasteiger partial charge in [-0.05, 0) is 13.3 Å². The van der Waals surface area contributed by atoms with Crippen LogP contribution >= 0.6 is 7.82 Å². The molecule has 5 heteroatoms. The predicted molar refractivity (Wildman–Crippen MR) is 42.2 cm³/mol. The second-order valence-electron chi connectivity index (χ2n) is 2.19. The van der Waals surface area contributed by atoms with E-state index in [4.69, 9.17) is 4.89 Å². The molecule has 0 aromatic rings. The molecule has 0 fully saturated rings. The number of rotatable bonds is 5. The van der Waals surface area contributed by atoms with Crippen molar-refractivity contribution >= 4 is 7.82 Å². The van der Waals surface area contributed by atoms with Crippen molar-refractivity contribution in [3.05, 3.63) is 12.2 Å². The number of hydrogen-bond donors (Lipinski definition) is 1. The van der Waals surface area contributed by atoms with Gasteiger partial charge in [-0.25, -0.2) is 4.57 Å². The number of phosphoric acid groups is 1. The maximum Gasteiger partial charge on any atom is 0.471 e. The van der Waals surface area contributed by atoms with Crippen LogP contribution in [0.1, 0.15) is 13.3 Å². The van der Waals surface area contributed by atoms with Crippen molar-refractivity contribution < 1.29 is 18.5 Å². The third kappa shape index (κ3) is 6.26. The zero-order valence-electron chi connectivity index (χ0n) is 6.74. The van der Waals surface area contributed by atoms with Gasteiger partial charge in [0, 0.05) is 7.11 Å². The van der Waals surface area contributed by atoms with E-state index in [1.54, 1.807) is 0 Å². The second-order valence-corrected chi connectivity index (χ2v) is 3.75. The van der Waals surface area contributed by atoms with Crippen LogP contribution in [0.25, 0.3) is 0 Å². The van der Waals surface area contributed by atoms with E-state index in [1.165, 1.54) is 0 Å². The van der Waals surface area contributed by atoms with Gasteiger partial charge in [0.1, 0.15) is 0 Å². The Hall–Kier alpha value is -0.150. The van der Waals surface area contributed by atoms with E-state index in [0.717, 1.165) is 12.7 Å². The molecule has 1 N–H and O–H groups in total. The van der Waals surface area contributed by atoms with Crippen molar-refractivity contribution in [2.75, 3.05) is 13.7 Å². The fraction of sp³-hybridized carbons (Fsp3) is 0.667. The summed E-state index contributed by atoms with van der Waals surface area (Å²) in [5.74, 6) is 0. The minimum atomic E-state index is -3.77. The Labute approximate surface area is 66.4 Å². The first-order valence-corrected chi connectivity index (χ1v) is 4.65. The second kappa shape index (κ2) is 4.67. The molecule has 0 rings (SSSR count). The Morgan fingerprint density at radius 2 is 2.27 bits per heavy atom. The van der Waals surface area contributed by atoms with Crippen LogP contribution in [0.2, 0.25) is 0 Å². The van der Waals surface area contributed by atoms with Gasteiger partial charge in [0.25, 0.3) is 0 Å². The summed E-state index contributed by atoms with van der Waals surface area (Å²) in [6.07, 6.45) is 0.563. The lowest BCUT2D eigenvalue weighted by Crippen LogP contribution is -1.94. The summed E-state index contributed by atoms with van der Waals surface area (Å²) < 4.78 is 19.3. The molecule has 0 aliphatic heterocycles. The van der Waals surface area contributed by atoms with Crippen molar-refractivity contribution in [3.63, 3.8) is 0 Å². The first-order valence-electron chi connectivity index (χ1n) is 3.15. The number of hydrogen-bond acceptors (Lipinski definition) is 3. The number of phosphoric ester groups is 1. The fourth-order valence-corrected chi connectivity index (χ4v) is 0.815. The van der Waals surface area contributed by atoms with Gasteiger partial charge in [-0.1, -0.05) is 5.57 Å². The molecule has 0 aromatic heterocycles. The van der Waals surface area contributed by atoms with E-state index in [9.17, 15) is 4.57 Å². The van der Waals surface area contributed by atoms with Gasteiger partial charge in [0.15, 0.2) is 0 Å². The Morgan fingerprint density at radius 1 is 1.73 bits per heavy atom. The normalized spacial score (nSPS) is 15.9. The van der Waals surface area contributed by atoms with Crippen molar-refractivity contribution in [1.29, 1.82) is 0 Å². The van der Waals surface area contributed by atoms with Crippen LogP contribution in [0.3, 0.4) is 0 Å². The van der Waals surface area contributed by atoms with Crippen molar-refractivity contribution in [2.45, 2.75) is 13.3 Å². The van der Waals surface area contributed by atoms with E-state index >= 15 is 0 Å². The third-order valence-corrected chi connectivity index (χ3v) is 1.98. The molecule has 0 bridgehead atoms. The first kappa shape index (κ1) is 10.8. The maximum absolute atomic E-state index is 10.6. The molecule has 0 amide bonds. The van der Waals surface area contributed by atoms with E-state index in [-0.39, 0.29) is 6.61 Å². The van der Waals surface area contributed by atoms with E-state index in [2.05, 4.69) is 15.6 Å². The molecular weight excluding hydrogens is 167 g/mol. The standard InChI is InChI=1S/C6H13O4P/c1-6(2)4-5-10-11(7,8)9-3/h1,4-5H2,2-3H3,(H,7,8). The Balaban J connectivity index is 3.54. The summed E-state index contributed by atoms with van der Waals surface area (Å²) in [5, 5.41) is 0. The van der Waals surface area contributed by atoms with Crippen molar-refractivity contribution in [1.82, 2.24) is 0 Å². The largest absolute Gasteiger partial charge is 0.471 e. The van der Waals surface area contributed by atoms with Gasteiger partial charge >= 0.3 is 7.82 Å². The van der Waals surface area contributed by atoms with E-state index in [0.29, 0.717) is 6.42 Å². The lowest BCUT2D eigenvalue weighted by molar-refractivity contribution is 0.175. The van der Waals surface area contributed by atoms with Gasteiger partial charge in [-0.3, -0.25) is 9.05 Å². The van der Waals surface area contributed by atoms with Gasteiger partial charge in [0.2, 0.25) is 0 Å². The zero-order chi connectivity index (χ0) is 8.91. The summed E-state index contributed by atoms with van der Waals surface area (Å²) in [5.41, 5.74) is 0.904. The average molecular weight is 180 g/mol. The minimum absolute atomic E-state index is 0.164. The Morgan fingerprint density at radius 3 is 2.64 bits per heavy atom. The highest BCUT2D eigenvalue weighted by molar-refractivity contribution is 7.47. The van der Waals surface area contributed by atoms with Crippen LogP contribution < -0.4 is 0 Å². The lowest BCUT2D eigenvalue weighted by atomic mass is 10.3. The molecule has 1 unspecified atom stereocenters. The zero-order valence-corrected chi connectivity index (χ0v) is 7.63. The summed E-state index contributed by atoms with van der Waals surface area (Å²) in [6.45, 7) is 5.59. The smallest absolute Gasteiger partial charge is 0.303 e. The van der Waals surface area contributed by atoms with Gasteiger partial charge in [-0.2, -0.15) is 0 Å². The molecular formula is C6H13O4P. The van der Waals surface area contributed by atoms with E-state index in [1.807, 2.05) is 6.92 Å². The summed E-state index contributed by atoms with van der Waals surface area (Å²) >= 11 is 0. The molecule has 0 saturated carbocycles. The predicted octanol–water partition coefficient (Wildman–Crippen LogP) is 1.72. The molecule has 1 atom stereocenters. The summed E-state index contributed by atoms with van der Waals surface area (Å²) in [4.78, 5) is 8.72. The monoisotopic (exact) mass is 180 g/mol. The van der Waals surface area contributed by atoms with Crippen LogP contribution in [0.15, 0.2) is 12.2 Å². The Bertz CT molecular complexity index is 177. The van der Waals surface area contributed by atoms with Crippen LogP contribution in [0, 0.1) is 0 Å². The van der Waals surface area contributed by atoms with Crippen LogP contribution in [-0.2, 0) is 13.6 Å². The molecule has 0 aromatic carbocycles. The first-order chi connectivity index (χ1) is 4.98.